The molecular formula is C17H16N2O3. The van der Waals surface area contributed by atoms with Gasteiger partial charge >= 0.3 is 11.8 Å². The average Bonchev–Trinajstić information content (AvgIpc) is 2.90. The molecule has 5 heteroatoms. The number of aliphatic hydroxyl groups excluding tert-OH is 1. The van der Waals surface area contributed by atoms with Crippen molar-refractivity contribution in [3.63, 3.8) is 0 Å². The Morgan fingerprint density at radius 3 is 2.59 bits per heavy atom. The van der Waals surface area contributed by atoms with Gasteiger partial charge in [0.2, 0.25) is 0 Å². The lowest BCUT2D eigenvalue weighted by molar-refractivity contribution is -0.136. The Balaban J connectivity index is 1.75. The van der Waals surface area contributed by atoms with E-state index < -0.39 is 11.8 Å². The summed E-state index contributed by atoms with van der Waals surface area (Å²) in [5.41, 5.74) is 5.38. The minimum atomic E-state index is -0.752. The number of rotatable bonds is 3. The number of benzene rings is 2. The molecule has 0 unspecified atom stereocenters. The van der Waals surface area contributed by atoms with E-state index in [9.17, 15) is 9.59 Å². The van der Waals surface area contributed by atoms with E-state index in [0.29, 0.717) is 5.69 Å². The first-order valence-electron chi connectivity index (χ1n) is 7.10. The van der Waals surface area contributed by atoms with Crippen LogP contribution in [0.25, 0.3) is 11.1 Å². The predicted octanol–water partition coefficient (Wildman–Crippen LogP) is 1.30. The number of hydrogen-bond acceptors (Lipinski definition) is 3. The lowest BCUT2D eigenvalue weighted by atomic mass is 10.1. The van der Waals surface area contributed by atoms with Crippen LogP contribution in [0.5, 0.6) is 0 Å². The molecule has 0 bridgehead atoms. The number of aliphatic hydroxyl groups is 1. The van der Waals surface area contributed by atoms with Crippen LogP contribution >= 0.6 is 0 Å². The second-order valence-electron chi connectivity index (χ2n) is 5.14. The second-order valence-corrected chi connectivity index (χ2v) is 5.14. The molecule has 22 heavy (non-hydrogen) atoms. The van der Waals surface area contributed by atoms with Crippen molar-refractivity contribution in [1.82, 2.24) is 5.32 Å². The van der Waals surface area contributed by atoms with Crippen molar-refractivity contribution < 1.29 is 14.7 Å². The molecular weight excluding hydrogens is 280 g/mol. The Hall–Kier alpha value is -2.66. The van der Waals surface area contributed by atoms with Crippen LogP contribution in [0, 0.1) is 0 Å². The van der Waals surface area contributed by atoms with Gasteiger partial charge in [0.05, 0.1) is 6.61 Å². The number of carbonyl (C=O) groups is 2. The van der Waals surface area contributed by atoms with Crippen molar-refractivity contribution in [2.45, 2.75) is 6.42 Å². The van der Waals surface area contributed by atoms with Crippen molar-refractivity contribution in [3.05, 3.63) is 53.6 Å². The fourth-order valence-corrected chi connectivity index (χ4v) is 2.66. The van der Waals surface area contributed by atoms with Gasteiger partial charge in [-0.3, -0.25) is 9.59 Å². The molecule has 3 N–H and O–H groups in total. The molecule has 0 aromatic heterocycles. The van der Waals surface area contributed by atoms with E-state index in [0.717, 1.165) is 12.0 Å². The highest BCUT2D eigenvalue weighted by Crippen LogP contribution is 2.37. The van der Waals surface area contributed by atoms with Gasteiger partial charge in [0.15, 0.2) is 0 Å². The second kappa shape index (κ2) is 5.99. The molecule has 3 rings (SSSR count). The molecule has 0 spiro atoms. The fraction of sp³-hybridized carbons (Fsp3) is 0.176. The predicted molar refractivity (Wildman–Crippen MR) is 83.4 cm³/mol. The molecule has 2 aromatic carbocycles. The SMILES string of the molecule is O=C(NCCO)C(=O)Nc1ccc2c(c1)Cc1ccccc1-2. The summed E-state index contributed by atoms with van der Waals surface area (Å²) in [7, 11) is 0. The quantitative estimate of drug-likeness (QED) is 0.638. The molecule has 1 aliphatic carbocycles. The normalized spacial score (nSPS) is 11.5. The number of hydrogen-bond donors (Lipinski definition) is 3. The van der Waals surface area contributed by atoms with Crippen molar-refractivity contribution in [1.29, 1.82) is 0 Å². The zero-order valence-electron chi connectivity index (χ0n) is 11.9. The van der Waals surface area contributed by atoms with Gasteiger partial charge in [-0.15, -0.1) is 0 Å². The fourth-order valence-electron chi connectivity index (χ4n) is 2.66. The van der Waals surface area contributed by atoms with E-state index in [2.05, 4.69) is 22.8 Å². The lowest BCUT2D eigenvalue weighted by Gasteiger charge is -2.07. The Morgan fingerprint density at radius 2 is 1.77 bits per heavy atom. The van der Waals surface area contributed by atoms with Crippen LogP contribution in [-0.2, 0) is 16.0 Å². The molecule has 5 nitrogen and oxygen atoms in total. The summed E-state index contributed by atoms with van der Waals surface area (Å²) in [6.45, 7) is -0.137. The summed E-state index contributed by atoms with van der Waals surface area (Å²) >= 11 is 0. The molecule has 0 aliphatic heterocycles. The Kier molecular flexibility index (Phi) is 3.89. The maximum absolute atomic E-state index is 11.7. The minimum Gasteiger partial charge on any atom is -0.395 e. The number of nitrogens with one attached hydrogen (secondary N) is 2. The van der Waals surface area contributed by atoms with Crippen LogP contribution in [0.1, 0.15) is 11.1 Å². The standard InChI is InChI=1S/C17H16N2O3/c20-8-7-18-16(21)17(22)19-13-5-6-15-12(10-13)9-11-3-1-2-4-14(11)15/h1-6,10,20H,7-9H2,(H,18,21)(H,19,22). The van der Waals surface area contributed by atoms with E-state index in [1.165, 1.54) is 16.7 Å². The lowest BCUT2D eigenvalue weighted by Crippen LogP contribution is -2.36. The zero-order valence-corrected chi connectivity index (χ0v) is 11.9. The highest BCUT2D eigenvalue weighted by atomic mass is 16.3. The van der Waals surface area contributed by atoms with Crippen LogP contribution in [-0.4, -0.2) is 30.1 Å². The van der Waals surface area contributed by atoms with E-state index in [1.54, 1.807) is 6.07 Å². The molecule has 0 fully saturated rings. The third kappa shape index (κ3) is 2.71. The summed E-state index contributed by atoms with van der Waals surface area (Å²) in [5.74, 6) is -1.48. The van der Waals surface area contributed by atoms with Crippen LogP contribution in [0.4, 0.5) is 5.69 Å². The molecule has 0 atom stereocenters. The largest absolute Gasteiger partial charge is 0.395 e. The van der Waals surface area contributed by atoms with Crippen LogP contribution in [0.2, 0.25) is 0 Å². The van der Waals surface area contributed by atoms with Gasteiger partial charge in [-0.1, -0.05) is 30.3 Å². The maximum Gasteiger partial charge on any atom is 0.313 e. The van der Waals surface area contributed by atoms with Gasteiger partial charge < -0.3 is 15.7 Å². The minimum absolute atomic E-state index is 0.0613. The molecule has 0 radical (unpaired) electrons. The first-order valence-corrected chi connectivity index (χ1v) is 7.10. The molecule has 0 saturated carbocycles. The third-order valence-corrected chi connectivity index (χ3v) is 3.66. The topological polar surface area (TPSA) is 78.4 Å². The summed E-state index contributed by atoms with van der Waals surface area (Å²) in [6, 6.07) is 13.8. The first-order chi connectivity index (χ1) is 10.7. The average molecular weight is 296 g/mol. The molecule has 0 saturated heterocycles. The zero-order chi connectivity index (χ0) is 15.5. The Morgan fingerprint density at radius 1 is 1.00 bits per heavy atom. The Bertz CT molecular complexity index is 740. The van der Waals surface area contributed by atoms with Gasteiger partial charge in [-0.25, -0.2) is 0 Å². The van der Waals surface area contributed by atoms with Crippen LogP contribution in [0.15, 0.2) is 42.5 Å². The van der Waals surface area contributed by atoms with Crippen molar-refractivity contribution >= 4 is 17.5 Å². The number of carbonyl (C=O) groups excluding carboxylic acids is 2. The van der Waals surface area contributed by atoms with Gasteiger partial charge in [-0.05, 0) is 40.8 Å². The van der Waals surface area contributed by atoms with Crippen LogP contribution < -0.4 is 10.6 Å². The summed E-state index contributed by atoms with van der Waals surface area (Å²) in [4.78, 5) is 23.2. The van der Waals surface area contributed by atoms with Gasteiger partial charge in [0.25, 0.3) is 0 Å². The van der Waals surface area contributed by atoms with E-state index in [4.69, 9.17) is 5.11 Å². The smallest absolute Gasteiger partial charge is 0.313 e. The van der Waals surface area contributed by atoms with Crippen molar-refractivity contribution in [2.24, 2.45) is 0 Å². The van der Waals surface area contributed by atoms with Gasteiger partial charge in [0.1, 0.15) is 0 Å². The highest BCUT2D eigenvalue weighted by Gasteiger charge is 2.19. The molecule has 2 amide bonds. The Labute approximate surface area is 128 Å². The number of anilines is 1. The number of fused-ring (bicyclic) bond motifs is 3. The maximum atomic E-state index is 11.7. The monoisotopic (exact) mass is 296 g/mol. The van der Waals surface area contributed by atoms with Crippen molar-refractivity contribution in [3.8, 4) is 11.1 Å². The van der Waals surface area contributed by atoms with E-state index in [-0.39, 0.29) is 13.2 Å². The highest BCUT2D eigenvalue weighted by molar-refractivity contribution is 6.39. The summed E-state index contributed by atoms with van der Waals surface area (Å²) in [6.07, 6.45) is 0.825. The van der Waals surface area contributed by atoms with E-state index >= 15 is 0 Å². The number of amides is 2. The molecule has 1 aliphatic rings. The molecule has 112 valence electrons. The van der Waals surface area contributed by atoms with E-state index in [1.807, 2.05) is 24.3 Å². The van der Waals surface area contributed by atoms with Gasteiger partial charge in [0, 0.05) is 12.2 Å². The molecule has 2 aromatic rings. The summed E-state index contributed by atoms with van der Waals surface area (Å²) < 4.78 is 0. The van der Waals surface area contributed by atoms with Crippen molar-refractivity contribution in [2.75, 3.05) is 18.5 Å². The molecule has 0 heterocycles. The first kappa shape index (κ1) is 14.3. The van der Waals surface area contributed by atoms with Crippen LogP contribution in [0.3, 0.4) is 0 Å². The van der Waals surface area contributed by atoms with Gasteiger partial charge in [-0.2, -0.15) is 0 Å². The third-order valence-electron chi connectivity index (χ3n) is 3.66. The summed E-state index contributed by atoms with van der Waals surface area (Å²) in [5, 5.41) is 13.5.